The fraction of sp³-hybridized carbons (Fsp3) is 0.217. The van der Waals surface area contributed by atoms with Gasteiger partial charge in [-0.2, -0.15) is 0 Å². The molecule has 0 saturated carbocycles. The molecule has 0 saturated heterocycles. The largest absolute Gasteiger partial charge is 0.478 e. The molecule has 26 heavy (non-hydrogen) atoms. The van der Waals surface area contributed by atoms with E-state index >= 15 is 0 Å². The number of aryl methyl sites for hydroxylation is 2. The van der Waals surface area contributed by atoms with Crippen LogP contribution in [0, 0.1) is 0 Å². The normalized spacial score (nSPS) is 10.9. The molecule has 1 aromatic heterocycles. The lowest BCUT2D eigenvalue weighted by molar-refractivity contribution is 0.0696. The molecule has 1 heterocycles. The summed E-state index contributed by atoms with van der Waals surface area (Å²) >= 11 is 0. The van der Waals surface area contributed by atoms with Crippen LogP contribution in [-0.4, -0.2) is 16.1 Å². The number of hydrogen-bond donors (Lipinski definition) is 1. The molecule has 0 fully saturated rings. The van der Waals surface area contributed by atoms with E-state index in [1.54, 1.807) is 18.2 Å². The predicted molar refractivity (Wildman–Crippen MR) is 105 cm³/mol. The molecule has 132 valence electrons. The number of aromatic nitrogens is 1. The molecular formula is C23H23NO2. The van der Waals surface area contributed by atoms with E-state index in [1.165, 1.54) is 5.56 Å². The van der Waals surface area contributed by atoms with Crippen molar-refractivity contribution in [1.82, 2.24) is 4.98 Å². The van der Waals surface area contributed by atoms with Gasteiger partial charge in [-0.1, -0.05) is 50.2 Å². The molecule has 0 unspecified atom stereocenters. The van der Waals surface area contributed by atoms with Crippen molar-refractivity contribution in [3.63, 3.8) is 0 Å². The van der Waals surface area contributed by atoms with Gasteiger partial charge in [-0.3, -0.25) is 4.98 Å². The number of rotatable bonds is 6. The maximum absolute atomic E-state index is 11.1. The highest BCUT2D eigenvalue weighted by Gasteiger charge is 2.05. The molecule has 1 N–H and O–H groups in total. The summed E-state index contributed by atoms with van der Waals surface area (Å²) in [6.07, 6.45) is 5.39. The van der Waals surface area contributed by atoms with Crippen molar-refractivity contribution >= 4 is 5.97 Å². The maximum Gasteiger partial charge on any atom is 0.335 e. The molecule has 3 rings (SSSR count). The zero-order chi connectivity index (χ0) is 18.5. The summed E-state index contributed by atoms with van der Waals surface area (Å²) in [4.78, 5) is 15.5. The lowest BCUT2D eigenvalue weighted by Gasteiger charge is -2.08. The number of hydrogen-bond acceptors (Lipinski definition) is 2. The Labute approximate surface area is 154 Å². The summed E-state index contributed by atoms with van der Waals surface area (Å²) in [5.41, 5.74) is 6.11. The smallest absolute Gasteiger partial charge is 0.335 e. The molecule has 0 aliphatic carbocycles. The van der Waals surface area contributed by atoms with Crippen LogP contribution in [0.1, 0.15) is 46.8 Å². The lowest BCUT2D eigenvalue weighted by atomic mass is 9.98. The van der Waals surface area contributed by atoms with Crippen LogP contribution in [0.3, 0.4) is 0 Å². The Balaban J connectivity index is 1.73. The highest BCUT2D eigenvalue weighted by Crippen LogP contribution is 2.23. The number of nitrogens with zero attached hydrogens (tertiary/aromatic N) is 1. The third-order valence-corrected chi connectivity index (χ3v) is 4.58. The number of aromatic carboxylic acids is 1. The van der Waals surface area contributed by atoms with Crippen LogP contribution >= 0.6 is 0 Å². The second kappa shape index (κ2) is 7.96. The first-order valence-corrected chi connectivity index (χ1v) is 8.89. The molecule has 3 heteroatoms. The molecular weight excluding hydrogens is 322 g/mol. The van der Waals surface area contributed by atoms with Crippen LogP contribution in [0.5, 0.6) is 0 Å². The van der Waals surface area contributed by atoms with Crippen molar-refractivity contribution in [2.45, 2.75) is 32.6 Å². The van der Waals surface area contributed by atoms with Crippen molar-refractivity contribution in [2.75, 3.05) is 0 Å². The van der Waals surface area contributed by atoms with Crippen molar-refractivity contribution in [3.8, 4) is 11.1 Å². The van der Waals surface area contributed by atoms with Crippen molar-refractivity contribution in [1.29, 1.82) is 0 Å². The van der Waals surface area contributed by atoms with Gasteiger partial charge < -0.3 is 5.11 Å². The Morgan fingerprint density at radius 1 is 0.923 bits per heavy atom. The lowest BCUT2D eigenvalue weighted by Crippen LogP contribution is -1.98. The van der Waals surface area contributed by atoms with E-state index in [9.17, 15) is 4.79 Å². The standard InChI is InChI=1S/C23H23NO2/c1-16(2)19-8-10-20(11-9-19)22-13-18(14-24-15-22)7-6-17-4-3-5-21(12-17)23(25)26/h3-5,8-16H,6-7H2,1-2H3,(H,25,26). The van der Waals surface area contributed by atoms with Crippen LogP contribution in [-0.2, 0) is 12.8 Å². The maximum atomic E-state index is 11.1. The monoisotopic (exact) mass is 345 g/mol. The summed E-state index contributed by atoms with van der Waals surface area (Å²) in [5, 5.41) is 9.10. The minimum atomic E-state index is -0.889. The number of carboxylic acid groups (broad SMARTS) is 1. The average molecular weight is 345 g/mol. The fourth-order valence-electron chi connectivity index (χ4n) is 2.99. The Hall–Kier alpha value is -2.94. The summed E-state index contributed by atoms with van der Waals surface area (Å²) in [7, 11) is 0. The number of benzene rings is 2. The van der Waals surface area contributed by atoms with Gasteiger partial charge in [0.2, 0.25) is 0 Å². The van der Waals surface area contributed by atoms with E-state index in [1.807, 2.05) is 18.5 Å². The minimum absolute atomic E-state index is 0.333. The summed E-state index contributed by atoms with van der Waals surface area (Å²) in [6.45, 7) is 4.38. The first-order chi connectivity index (χ1) is 12.5. The first-order valence-electron chi connectivity index (χ1n) is 8.89. The molecule has 0 radical (unpaired) electrons. The Morgan fingerprint density at radius 3 is 2.35 bits per heavy atom. The molecule has 0 aliphatic heterocycles. The zero-order valence-corrected chi connectivity index (χ0v) is 15.1. The molecule has 0 atom stereocenters. The quantitative estimate of drug-likeness (QED) is 0.654. The van der Waals surface area contributed by atoms with Crippen LogP contribution in [0.15, 0.2) is 67.0 Å². The summed E-state index contributed by atoms with van der Waals surface area (Å²) in [5.74, 6) is -0.365. The van der Waals surface area contributed by atoms with Gasteiger partial charge in [0.25, 0.3) is 0 Å². The number of carboxylic acids is 1. The number of carbonyl (C=O) groups is 1. The van der Waals surface area contributed by atoms with Crippen molar-refractivity contribution in [3.05, 3.63) is 89.2 Å². The second-order valence-corrected chi connectivity index (χ2v) is 6.86. The van der Waals surface area contributed by atoms with E-state index in [0.29, 0.717) is 11.5 Å². The molecule has 3 nitrogen and oxygen atoms in total. The molecule has 0 bridgehead atoms. The Bertz CT molecular complexity index is 898. The summed E-state index contributed by atoms with van der Waals surface area (Å²) in [6, 6.07) is 17.9. The van der Waals surface area contributed by atoms with Gasteiger partial charge in [-0.25, -0.2) is 4.79 Å². The van der Waals surface area contributed by atoms with Gasteiger partial charge in [0.15, 0.2) is 0 Å². The third kappa shape index (κ3) is 4.37. The van der Waals surface area contributed by atoms with Crippen molar-refractivity contribution < 1.29 is 9.90 Å². The van der Waals surface area contributed by atoms with Crippen LogP contribution in [0.25, 0.3) is 11.1 Å². The van der Waals surface area contributed by atoms with Gasteiger partial charge >= 0.3 is 5.97 Å². The van der Waals surface area contributed by atoms with E-state index in [0.717, 1.165) is 35.1 Å². The van der Waals surface area contributed by atoms with Crippen LogP contribution in [0.2, 0.25) is 0 Å². The van der Waals surface area contributed by atoms with Gasteiger partial charge in [0.05, 0.1) is 5.56 Å². The van der Waals surface area contributed by atoms with E-state index < -0.39 is 5.97 Å². The van der Waals surface area contributed by atoms with Gasteiger partial charge in [0.1, 0.15) is 0 Å². The first kappa shape index (κ1) is 17.9. The molecule has 0 amide bonds. The molecule has 0 aliphatic rings. The SMILES string of the molecule is CC(C)c1ccc(-c2cncc(CCc3cccc(C(=O)O)c3)c2)cc1. The molecule has 0 spiro atoms. The van der Waals surface area contributed by atoms with Gasteiger partial charge in [-0.05, 0) is 59.2 Å². The van der Waals surface area contributed by atoms with E-state index in [4.69, 9.17) is 5.11 Å². The third-order valence-electron chi connectivity index (χ3n) is 4.58. The highest BCUT2D eigenvalue weighted by atomic mass is 16.4. The van der Waals surface area contributed by atoms with Crippen LogP contribution in [0.4, 0.5) is 0 Å². The predicted octanol–water partition coefficient (Wildman–Crippen LogP) is 5.36. The summed E-state index contributed by atoms with van der Waals surface area (Å²) < 4.78 is 0. The second-order valence-electron chi connectivity index (χ2n) is 6.86. The van der Waals surface area contributed by atoms with Crippen molar-refractivity contribution in [2.24, 2.45) is 0 Å². The highest BCUT2D eigenvalue weighted by molar-refractivity contribution is 5.87. The van der Waals surface area contributed by atoms with Gasteiger partial charge in [-0.15, -0.1) is 0 Å². The topological polar surface area (TPSA) is 50.2 Å². The number of pyridine rings is 1. The Morgan fingerprint density at radius 2 is 1.65 bits per heavy atom. The van der Waals surface area contributed by atoms with E-state index in [2.05, 4.69) is 49.2 Å². The average Bonchev–Trinajstić information content (AvgIpc) is 2.67. The van der Waals surface area contributed by atoms with Gasteiger partial charge in [0, 0.05) is 18.0 Å². The fourth-order valence-corrected chi connectivity index (χ4v) is 2.99. The van der Waals surface area contributed by atoms with Crippen LogP contribution < -0.4 is 0 Å². The Kier molecular flexibility index (Phi) is 5.47. The minimum Gasteiger partial charge on any atom is -0.478 e. The zero-order valence-electron chi connectivity index (χ0n) is 15.1. The van der Waals surface area contributed by atoms with E-state index in [-0.39, 0.29) is 0 Å². The molecule has 3 aromatic rings. The molecule has 2 aromatic carbocycles.